The molecule has 1 aliphatic rings. The molecule has 4 heteroatoms. The SMILES string of the molecule is Cc1nn(C)c(Cl)c1CC1(O)CCC(C(C)C)CC1. The van der Waals surface area contributed by atoms with Gasteiger partial charge < -0.3 is 5.11 Å². The number of hydrogen-bond acceptors (Lipinski definition) is 2. The Morgan fingerprint density at radius 3 is 2.42 bits per heavy atom. The van der Waals surface area contributed by atoms with Gasteiger partial charge in [-0.15, -0.1) is 0 Å². The van der Waals surface area contributed by atoms with Crippen LogP contribution < -0.4 is 0 Å². The number of rotatable bonds is 3. The van der Waals surface area contributed by atoms with E-state index in [1.807, 2.05) is 14.0 Å². The summed E-state index contributed by atoms with van der Waals surface area (Å²) in [4.78, 5) is 0. The highest BCUT2D eigenvalue weighted by Gasteiger charge is 2.35. The molecule has 0 unspecified atom stereocenters. The lowest BCUT2D eigenvalue weighted by Crippen LogP contribution is -2.37. The Balaban J connectivity index is 2.07. The molecule has 0 radical (unpaired) electrons. The van der Waals surface area contributed by atoms with Gasteiger partial charge in [0.2, 0.25) is 0 Å². The molecule has 1 aromatic heterocycles. The molecule has 0 aromatic carbocycles. The maximum Gasteiger partial charge on any atom is 0.130 e. The second kappa shape index (κ2) is 5.45. The normalized spacial score (nSPS) is 28.1. The van der Waals surface area contributed by atoms with E-state index in [1.54, 1.807) is 4.68 Å². The summed E-state index contributed by atoms with van der Waals surface area (Å²) in [5.41, 5.74) is 1.35. The second-order valence-electron chi connectivity index (χ2n) is 6.46. The van der Waals surface area contributed by atoms with E-state index in [-0.39, 0.29) is 0 Å². The Morgan fingerprint density at radius 1 is 1.42 bits per heavy atom. The van der Waals surface area contributed by atoms with Crippen molar-refractivity contribution in [3.8, 4) is 0 Å². The lowest BCUT2D eigenvalue weighted by molar-refractivity contribution is -0.0147. The number of aryl methyl sites for hydroxylation is 2. The Bertz CT molecular complexity index is 445. The van der Waals surface area contributed by atoms with E-state index in [0.29, 0.717) is 17.5 Å². The molecule has 1 saturated carbocycles. The molecule has 2 rings (SSSR count). The van der Waals surface area contributed by atoms with E-state index < -0.39 is 5.60 Å². The van der Waals surface area contributed by atoms with Gasteiger partial charge in [-0.1, -0.05) is 25.4 Å². The summed E-state index contributed by atoms with van der Waals surface area (Å²) < 4.78 is 1.69. The second-order valence-corrected chi connectivity index (χ2v) is 6.82. The minimum atomic E-state index is -0.594. The number of nitrogens with zero attached hydrogens (tertiary/aromatic N) is 2. The molecular weight excluding hydrogens is 260 g/mol. The zero-order valence-corrected chi connectivity index (χ0v) is 13.2. The highest BCUT2D eigenvalue weighted by atomic mass is 35.5. The maximum absolute atomic E-state index is 10.8. The summed E-state index contributed by atoms with van der Waals surface area (Å²) in [5, 5.41) is 15.8. The van der Waals surface area contributed by atoms with Gasteiger partial charge in [0, 0.05) is 19.0 Å². The van der Waals surface area contributed by atoms with Crippen LogP contribution in [-0.2, 0) is 13.5 Å². The number of halogens is 1. The Hall–Kier alpha value is -0.540. The predicted octanol–water partition coefficient (Wildman–Crippen LogP) is 3.50. The minimum Gasteiger partial charge on any atom is -0.390 e. The van der Waals surface area contributed by atoms with Crippen LogP contribution in [0.1, 0.15) is 50.8 Å². The van der Waals surface area contributed by atoms with Gasteiger partial charge in [-0.25, -0.2) is 0 Å². The van der Waals surface area contributed by atoms with Gasteiger partial charge in [0.25, 0.3) is 0 Å². The van der Waals surface area contributed by atoms with Gasteiger partial charge in [-0.3, -0.25) is 4.68 Å². The molecule has 19 heavy (non-hydrogen) atoms. The average Bonchev–Trinajstić information content (AvgIpc) is 2.56. The Kier molecular flexibility index (Phi) is 4.26. The molecule has 1 fully saturated rings. The molecule has 108 valence electrons. The lowest BCUT2D eigenvalue weighted by atomic mass is 9.72. The average molecular weight is 285 g/mol. The van der Waals surface area contributed by atoms with E-state index in [4.69, 9.17) is 11.6 Å². The van der Waals surface area contributed by atoms with Crippen molar-refractivity contribution in [3.63, 3.8) is 0 Å². The van der Waals surface area contributed by atoms with Crippen LogP contribution in [0.15, 0.2) is 0 Å². The third-order valence-corrected chi connectivity index (χ3v) is 5.15. The molecule has 1 aliphatic carbocycles. The first-order valence-corrected chi connectivity index (χ1v) is 7.60. The molecule has 0 atom stereocenters. The fourth-order valence-corrected chi connectivity index (χ4v) is 3.47. The van der Waals surface area contributed by atoms with E-state index in [9.17, 15) is 5.11 Å². The molecule has 1 aromatic rings. The van der Waals surface area contributed by atoms with E-state index >= 15 is 0 Å². The molecule has 1 heterocycles. The number of hydrogen-bond donors (Lipinski definition) is 1. The summed E-state index contributed by atoms with van der Waals surface area (Å²) in [6.45, 7) is 6.51. The van der Waals surface area contributed by atoms with Crippen molar-refractivity contribution in [1.82, 2.24) is 9.78 Å². The predicted molar refractivity (Wildman–Crippen MR) is 78.4 cm³/mol. The summed E-state index contributed by atoms with van der Waals surface area (Å²) >= 11 is 6.26. The first-order valence-electron chi connectivity index (χ1n) is 7.23. The monoisotopic (exact) mass is 284 g/mol. The third-order valence-electron chi connectivity index (χ3n) is 4.68. The van der Waals surface area contributed by atoms with Gasteiger partial charge in [0.1, 0.15) is 5.15 Å². The van der Waals surface area contributed by atoms with Crippen molar-refractivity contribution in [3.05, 3.63) is 16.4 Å². The zero-order chi connectivity index (χ0) is 14.2. The van der Waals surface area contributed by atoms with Crippen molar-refractivity contribution >= 4 is 11.6 Å². The molecule has 0 saturated heterocycles. The van der Waals surface area contributed by atoms with Crippen molar-refractivity contribution in [2.24, 2.45) is 18.9 Å². The van der Waals surface area contributed by atoms with Crippen LogP contribution in [0.2, 0.25) is 5.15 Å². The van der Waals surface area contributed by atoms with Crippen LogP contribution in [0, 0.1) is 18.8 Å². The zero-order valence-electron chi connectivity index (χ0n) is 12.4. The van der Waals surface area contributed by atoms with Crippen molar-refractivity contribution < 1.29 is 5.11 Å². The van der Waals surface area contributed by atoms with Crippen LogP contribution in [0.3, 0.4) is 0 Å². The number of aromatic nitrogens is 2. The van der Waals surface area contributed by atoms with Gasteiger partial charge >= 0.3 is 0 Å². The number of aliphatic hydroxyl groups is 1. The highest BCUT2D eigenvalue weighted by Crippen LogP contribution is 2.38. The maximum atomic E-state index is 10.8. The van der Waals surface area contributed by atoms with Crippen LogP contribution in [0.4, 0.5) is 0 Å². The molecule has 1 N–H and O–H groups in total. The van der Waals surface area contributed by atoms with Crippen LogP contribution in [0.5, 0.6) is 0 Å². The molecule has 0 amide bonds. The highest BCUT2D eigenvalue weighted by molar-refractivity contribution is 6.30. The minimum absolute atomic E-state index is 0.594. The van der Waals surface area contributed by atoms with Gasteiger partial charge in [0.15, 0.2) is 0 Å². The van der Waals surface area contributed by atoms with Crippen molar-refractivity contribution in [1.29, 1.82) is 0 Å². The smallest absolute Gasteiger partial charge is 0.130 e. The quantitative estimate of drug-likeness (QED) is 0.922. The van der Waals surface area contributed by atoms with Crippen molar-refractivity contribution in [2.45, 2.75) is 58.5 Å². The first-order chi connectivity index (χ1) is 8.82. The third kappa shape index (κ3) is 3.14. The molecule has 0 bridgehead atoms. The van der Waals surface area contributed by atoms with Crippen LogP contribution in [0.25, 0.3) is 0 Å². The summed E-state index contributed by atoms with van der Waals surface area (Å²) in [6.07, 6.45) is 4.62. The fourth-order valence-electron chi connectivity index (χ4n) is 3.22. The lowest BCUT2D eigenvalue weighted by Gasteiger charge is -2.37. The molecule has 0 spiro atoms. The summed E-state index contributed by atoms with van der Waals surface area (Å²) in [6, 6.07) is 0. The van der Waals surface area contributed by atoms with E-state index in [0.717, 1.165) is 42.9 Å². The fraction of sp³-hybridized carbons (Fsp3) is 0.800. The Morgan fingerprint density at radius 2 is 2.00 bits per heavy atom. The van der Waals surface area contributed by atoms with Crippen LogP contribution in [-0.4, -0.2) is 20.5 Å². The van der Waals surface area contributed by atoms with Gasteiger partial charge in [-0.05, 0) is 44.4 Å². The molecule has 3 nitrogen and oxygen atoms in total. The summed E-state index contributed by atoms with van der Waals surface area (Å²) in [5.74, 6) is 1.47. The van der Waals surface area contributed by atoms with Crippen LogP contribution >= 0.6 is 11.6 Å². The summed E-state index contributed by atoms with van der Waals surface area (Å²) in [7, 11) is 1.85. The first kappa shape index (κ1) is 14.9. The van der Waals surface area contributed by atoms with Crippen molar-refractivity contribution in [2.75, 3.05) is 0 Å². The van der Waals surface area contributed by atoms with E-state index in [1.165, 1.54) is 0 Å². The topological polar surface area (TPSA) is 38.0 Å². The van der Waals surface area contributed by atoms with Gasteiger partial charge in [0.05, 0.1) is 11.3 Å². The molecule has 0 aliphatic heterocycles. The van der Waals surface area contributed by atoms with E-state index in [2.05, 4.69) is 18.9 Å². The standard InChI is InChI=1S/C15H25ClN2O/c1-10(2)12-5-7-15(19,8-6-12)9-13-11(3)17-18(4)14(13)16/h10,12,19H,5-9H2,1-4H3. The Labute approximate surface area is 121 Å². The molecular formula is C15H25ClN2O. The largest absolute Gasteiger partial charge is 0.390 e. The van der Waals surface area contributed by atoms with Gasteiger partial charge in [-0.2, -0.15) is 5.10 Å².